The maximum Gasteiger partial charge on any atom is 0.167 e. The average Bonchev–Trinajstić information content (AvgIpc) is 3.06. The van der Waals surface area contributed by atoms with Crippen LogP contribution in [0.1, 0.15) is 30.9 Å². The van der Waals surface area contributed by atoms with E-state index in [-0.39, 0.29) is 6.04 Å². The van der Waals surface area contributed by atoms with Gasteiger partial charge >= 0.3 is 0 Å². The summed E-state index contributed by atoms with van der Waals surface area (Å²) in [6, 6.07) is 16.3. The van der Waals surface area contributed by atoms with E-state index >= 15 is 0 Å². The van der Waals surface area contributed by atoms with Crippen LogP contribution in [0.2, 0.25) is 0 Å². The molecule has 2 N–H and O–H groups in total. The molecule has 116 valence electrons. The zero-order chi connectivity index (χ0) is 15.6. The predicted octanol–water partition coefficient (Wildman–Crippen LogP) is 4.85. The summed E-state index contributed by atoms with van der Waals surface area (Å²) in [6.07, 6.45) is 7.82. The molecule has 3 aromatic rings. The molecule has 3 heteroatoms. The predicted molar refractivity (Wildman–Crippen MR) is 92.9 cm³/mol. The van der Waals surface area contributed by atoms with Crippen molar-refractivity contribution in [3.05, 3.63) is 66.2 Å². The lowest BCUT2D eigenvalue weighted by molar-refractivity contribution is 0.398. The Morgan fingerprint density at radius 1 is 1.04 bits per heavy atom. The minimum absolute atomic E-state index is 0.0200. The second kappa shape index (κ2) is 6.01. The fourth-order valence-electron chi connectivity index (χ4n) is 3.48. The Morgan fingerprint density at radius 2 is 1.87 bits per heavy atom. The molecule has 2 aromatic carbocycles. The molecule has 3 nitrogen and oxygen atoms in total. The standard InChI is InChI=1S/C20H20N2O/c21-19(14-8-2-1-3-9-14)15-10-4-5-11-16(15)20-17-12-6-7-13-18(17)23-22-20/h1-2,4-7,10-14,19H,3,8-9,21H2. The van der Waals surface area contributed by atoms with Crippen LogP contribution in [0.3, 0.4) is 0 Å². The number of benzene rings is 2. The summed E-state index contributed by atoms with van der Waals surface area (Å²) in [5.41, 5.74) is 10.6. The fraction of sp³-hybridized carbons (Fsp3) is 0.250. The lowest BCUT2D eigenvalue weighted by atomic mass is 9.82. The van der Waals surface area contributed by atoms with Gasteiger partial charge in [0.25, 0.3) is 0 Å². The summed E-state index contributed by atoms with van der Waals surface area (Å²) in [5, 5.41) is 5.35. The van der Waals surface area contributed by atoms with Gasteiger partial charge < -0.3 is 10.3 Å². The average molecular weight is 304 g/mol. The molecule has 1 aliphatic carbocycles. The second-order valence-electron chi connectivity index (χ2n) is 6.18. The van der Waals surface area contributed by atoms with E-state index in [0.717, 1.165) is 47.1 Å². The largest absolute Gasteiger partial charge is 0.356 e. The SMILES string of the molecule is NC(c1ccccc1-c1noc2ccccc12)C1CC=CCC1. The smallest absolute Gasteiger partial charge is 0.167 e. The first-order chi connectivity index (χ1) is 11.3. The molecule has 0 radical (unpaired) electrons. The summed E-state index contributed by atoms with van der Waals surface area (Å²) in [4.78, 5) is 0. The molecule has 2 atom stereocenters. The van der Waals surface area contributed by atoms with Gasteiger partial charge in [-0.3, -0.25) is 0 Å². The van der Waals surface area contributed by atoms with Gasteiger partial charge in [0.2, 0.25) is 0 Å². The van der Waals surface area contributed by atoms with Crippen molar-refractivity contribution in [2.24, 2.45) is 11.7 Å². The fourth-order valence-corrected chi connectivity index (χ4v) is 3.48. The van der Waals surface area contributed by atoms with Crippen molar-refractivity contribution < 1.29 is 4.52 Å². The van der Waals surface area contributed by atoms with Crippen LogP contribution in [0.15, 0.2) is 65.2 Å². The molecule has 0 bridgehead atoms. The van der Waals surface area contributed by atoms with E-state index in [4.69, 9.17) is 10.3 Å². The van der Waals surface area contributed by atoms with Crippen LogP contribution in [0.5, 0.6) is 0 Å². The van der Waals surface area contributed by atoms with Gasteiger partial charge in [0.05, 0.1) is 0 Å². The molecule has 23 heavy (non-hydrogen) atoms. The van der Waals surface area contributed by atoms with Gasteiger partial charge in [-0.1, -0.05) is 53.7 Å². The molecule has 2 unspecified atom stereocenters. The van der Waals surface area contributed by atoms with E-state index in [0.29, 0.717) is 5.92 Å². The van der Waals surface area contributed by atoms with Gasteiger partial charge in [-0.2, -0.15) is 0 Å². The van der Waals surface area contributed by atoms with Gasteiger partial charge in [0.1, 0.15) is 5.69 Å². The van der Waals surface area contributed by atoms with E-state index in [9.17, 15) is 0 Å². The number of nitrogens with two attached hydrogens (primary N) is 1. The van der Waals surface area contributed by atoms with Crippen LogP contribution < -0.4 is 5.73 Å². The van der Waals surface area contributed by atoms with Gasteiger partial charge in [-0.05, 0) is 42.9 Å². The van der Waals surface area contributed by atoms with Crippen LogP contribution >= 0.6 is 0 Å². The van der Waals surface area contributed by atoms with E-state index in [1.165, 1.54) is 0 Å². The maximum absolute atomic E-state index is 6.63. The highest BCUT2D eigenvalue weighted by Gasteiger charge is 2.23. The van der Waals surface area contributed by atoms with Gasteiger partial charge in [0, 0.05) is 17.0 Å². The summed E-state index contributed by atoms with van der Waals surface area (Å²) < 4.78 is 5.48. The van der Waals surface area contributed by atoms with Crippen molar-refractivity contribution in [1.29, 1.82) is 0 Å². The number of fused-ring (bicyclic) bond motifs is 1. The summed E-state index contributed by atoms with van der Waals surface area (Å²) in [7, 11) is 0. The number of aromatic nitrogens is 1. The van der Waals surface area contributed by atoms with Crippen LogP contribution in [0.25, 0.3) is 22.2 Å². The number of allylic oxidation sites excluding steroid dienone is 2. The normalized spacial score (nSPS) is 19.1. The van der Waals surface area contributed by atoms with Crippen LogP contribution in [0.4, 0.5) is 0 Å². The van der Waals surface area contributed by atoms with E-state index < -0.39 is 0 Å². The molecule has 1 heterocycles. The Hall–Kier alpha value is -2.39. The van der Waals surface area contributed by atoms with Crippen molar-refractivity contribution >= 4 is 11.0 Å². The molecule has 0 fully saturated rings. The Morgan fingerprint density at radius 3 is 2.74 bits per heavy atom. The van der Waals surface area contributed by atoms with Crippen LogP contribution in [-0.2, 0) is 0 Å². The van der Waals surface area contributed by atoms with Gasteiger partial charge in [-0.25, -0.2) is 0 Å². The molecule has 1 aliphatic rings. The molecule has 1 aromatic heterocycles. The van der Waals surface area contributed by atoms with Crippen LogP contribution in [0, 0.1) is 5.92 Å². The third-order valence-corrected chi connectivity index (χ3v) is 4.77. The highest BCUT2D eigenvalue weighted by atomic mass is 16.5. The number of nitrogens with zero attached hydrogens (tertiary/aromatic N) is 1. The monoisotopic (exact) mass is 304 g/mol. The van der Waals surface area contributed by atoms with Crippen molar-refractivity contribution in [2.75, 3.05) is 0 Å². The number of para-hydroxylation sites is 1. The minimum Gasteiger partial charge on any atom is -0.356 e. The summed E-state index contributed by atoms with van der Waals surface area (Å²) >= 11 is 0. The van der Waals surface area contributed by atoms with Crippen molar-refractivity contribution in [1.82, 2.24) is 5.16 Å². The molecule has 4 rings (SSSR count). The zero-order valence-electron chi connectivity index (χ0n) is 13.0. The lowest BCUT2D eigenvalue weighted by Gasteiger charge is -2.26. The number of hydrogen-bond acceptors (Lipinski definition) is 3. The molecule has 0 spiro atoms. The van der Waals surface area contributed by atoms with E-state index in [2.05, 4.69) is 35.5 Å². The topological polar surface area (TPSA) is 52.0 Å². The Labute approximate surface area is 135 Å². The Bertz CT molecular complexity index is 849. The second-order valence-corrected chi connectivity index (χ2v) is 6.18. The van der Waals surface area contributed by atoms with E-state index in [1.807, 2.05) is 30.3 Å². The Kier molecular flexibility index (Phi) is 3.72. The Balaban J connectivity index is 1.79. The highest BCUT2D eigenvalue weighted by molar-refractivity contribution is 5.92. The molecule has 0 saturated heterocycles. The first kappa shape index (κ1) is 14.2. The molecule has 0 saturated carbocycles. The van der Waals surface area contributed by atoms with Crippen molar-refractivity contribution in [3.63, 3.8) is 0 Å². The lowest BCUT2D eigenvalue weighted by Crippen LogP contribution is -2.23. The highest BCUT2D eigenvalue weighted by Crippen LogP contribution is 2.37. The minimum atomic E-state index is 0.0200. The molecule has 0 aliphatic heterocycles. The first-order valence-corrected chi connectivity index (χ1v) is 8.19. The molecular weight excluding hydrogens is 284 g/mol. The molecule has 0 amide bonds. The van der Waals surface area contributed by atoms with E-state index in [1.54, 1.807) is 0 Å². The van der Waals surface area contributed by atoms with Gasteiger partial charge in [0.15, 0.2) is 5.58 Å². The van der Waals surface area contributed by atoms with Crippen molar-refractivity contribution in [2.45, 2.75) is 25.3 Å². The van der Waals surface area contributed by atoms with Crippen LogP contribution in [-0.4, -0.2) is 5.16 Å². The quantitative estimate of drug-likeness (QED) is 0.704. The third-order valence-electron chi connectivity index (χ3n) is 4.77. The maximum atomic E-state index is 6.63. The van der Waals surface area contributed by atoms with Crippen molar-refractivity contribution in [3.8, 4) is 11.3 Å². The summed E-state index contributed by atoms with van der Waals surface area (Å²) in [6.45, 7) is 0. The van der Waals surface area contributed by atoms with Gasteiger partial charge in [-0.15, -0.1) is 0 Å². The summed E-state index contributed by atoms with van der Waals surface area (Å²) in [5.74, 6) is 0.485. The zero-order valence-corrected chi connectivity index (χ0v) is 13.0. The number of hydrogen-bond donors (Lipinski definition) is 1. The number of rotatable bonds is 3. The third kappa shape index (κ3) is 2.57. The first-order valence-electron chi connectivity index (χ1n) is 8.19. The molecular formula is C20H20N2O.